The number of hydrogen-bond donors (Lipinski definition) is 1. The second-order valence-corrected chi connectivity index (χ2v) is 4.58. The second-order valence-electron chi connectivity index (χ2n) is 4.58. The number of hydrogen-bond acceptors (Lipinski definition) is 5. The Morgan fingerprint density at radius 1 is 1.12 bits per heavy atom. The van der Waals surface area contributed by atoms with E-state index in [9.17, 15) is 22.4 Å². The number of nitrogens with zero attached hydrogens (tertiary/aromatic N) is 1. The predicted molar refractivity (Wildman–Crippen MR) is 75.7 cm³/mol. The number of anilines is 1. The molecule has 0 amide bonds. The molecule has 0 aliphatic rings. The molecule has 0 saturated carbocycles. The number of nitrogens with one attached hydrogen (secondary N) is 1. The van der Waals surface area contributed by atoms with Crippen LogP contribution >= 0.6 is 0 Å². The van der Waals surface area contributed by atoms with Crippen LogP contribution in [0.15, 0.2) is 18.2 Å². The molecule has 1 N–H and O–H groups in total. The molecular weight excluding hydrogens is 332 g/mol. The molecule has 1 aromatic heterocycles. The van der Waals surface area contributed by atoms with Gasteiger partial charge in [0.1, 0.15) is 17.0 Å². The van der Waals surface area contributed by atoms with Crippen LogP contribution in [0.1, 0.15) is 15.9 Å². The van der Waals surface area contributed by atoms with Crippen molar-refractivity contribution in [1.29, 1.82) is 0 Å². The summed E-state index contributed by atoms with van der Waals surface area (Å²) in [5, 5.41) is 2.24. The Kier molecular flexibility index (Phi) is 5.22. The predicted octanol–water partition coefficient (Wildman–Crippen LogP) is 3.05. The fourth-order valence-corrected chi connectivity index (χ4v) is 1.97. The molecular formula is C15H12F4N2O3. The Morgan fingerprint density at radius 2 is 1.75 bits per heavy atom. The molecule has 0 saturated heterocycles. The van der Waals surface area contributed by atoms with Crippen LogP contribution in [0.3, 0.4) is 0 Å². The topological polar surface area (TPSA) is 60.5 Å². The van der Waals surface area contributed by atoms with Crippen LogP contribution in [0.25, 0.3) is 0 Å². The zero-order valence-electron chi connectivity index (χ0n) is 12.6. The number of pyridine rings is 1. The third-order valence-electron chi connectivity index (χ3n) is 3.14. The lowest BCUT2D eigenvalue weighted by Crippen LogP contribution is -2.10. The van der Waals surface area contributed by atoms with Crippen LogP contribution in [-0.2, 0) is 11.3 Å². The molecule has 5 nitrogen and oxygen atoms in total. The van der Waals surface area contributed by atoms with Crippen LogP contribution < -0.4 is 10.1 Å². The number of carbonyl (C=O) groups excluding carboxylic acids is 1. The number of rotatable bonds is 5. The summed E-state index contributed by atoms with van der Waals surface area (Å²) in [5.74, 6) is -7.25. The summed E-state index contributed by atoms with van der Waals surface area (Å²) < 4.78 is 62.8. The van der Waals surface area contributed by atoms with Crippen molar-refractivity contribution in [2.45, 2.75) is 6.54 Å². The fraction of sp³-hybridized carbons (Fsp3) is 0.200. The average Bonchev–Trinajstić information content (AvgIpc) is 2.59. The summed E-state index contributed by atoms with van der Waals surface area (Å²) in [6.07, 6.45) is 0. The Hall–Kier alpha value is -2.84. The average molecular weight is 344 g/mol. The number of carbonyl (C=O) groups is 1. The second kappa shape index (κ2) is 7.16. The van der Waals surface area contributed by atoms with Gasteiger partial charge in [0, 0.05) is 6.54 Å². The maximum atomic E-state index is 13.5. The van der Waals surface area contributed by atoms with E-state index < -0.39 is 35.2 Å². The van der Waals surface area contributed by atoms with Crippen LogP contribution in [-0.4, -0.2) is 25.2 Å². The van der Waals surface area contributed by atoms with E-state index in [1.165, 1.54) is 32.4 Å². The first-order valence-electron chi connectivity index (χ1n) is 6.58. The zero-order chi connectivity index (χ0) is 17.9. The van der Waals surface area contributed by atoms with E-state index in [0.717, 1.165) is 0 Å². The van der Waals surface area contributed by atoms with Crippen LogP contribution in [0.5, 0.6) is 5.75 Å². The van der Waals surface area contributed by atoms with Gasteiger partial charge in [-0.2, -0.15) is 22.5 Å². The first kappa shape index (κ1) is 17.5. The number of esters is 1. The Balaban J connectivity index is 2.29. The highest BCUT2D eigenvalue weighted by molar-refractivity contribution is 5.92. The minimum atomic E-state index is -1.76. The van der Waals surface area contributed by atoms with Crippen molar-refractivity contribution in [3.63, 3.8) is 0 Å². The van der Waals surface area contributed by atoms with E-state index in [2.05, 4.69) is 15.0 Å². The lowest BCUT2D eigenvalue weighted by Gasteiger charge is -2.12. The van der Waals surface area contributed by atoms with Gasteiger partial charge < -0.3 is 14.8 Å². The van der Waals surface area contributed by atoms with Gasteiger partial charge in [-0.1, -0.05) is 6.07 Å². The van der Waals surface area contributed by atoms with Gasteiger partial charge >= 0.3 is 5.97 Å². The van der Waals surface area contributed by atoms with Gasteiger partial charge in [-0.05, 0) is 17.7 Å². The van der Waals surface area contributed by atoms with Gasteiger partial charge in [-0.3, -0.25) is 0 Å². The molecule has 24 heavy (non-hydrogen) atoms. The Labute approximate surface area is 134 Å². The van der Waals surface area contributed by atoms with Crippen molar-refractivity contribution in [2.75, 3.05) is 19.5 Å². The fourth-order valence-electron chi connectivity index (χ4n) is 1.97. The van der Waals surface area contributed by atoms with E-state index in [1.54, 1.807) is 0 Å². The molecule has 2 aromatic rings. The SMILES string of the molecule is COC(=O)c1cc(CNc2c(F)c(F)nc(F)c2F)ccc1OC. The van der Waals surface area contributed by atoms with Gasteiger partial charge in [0.15, 0.2) is 0 Å². The standard InChI is InChI=1S/C15H12F4N2O3/c1-23-9-4-3-7(5-8(9)15(22)24-2)6-20-12-10(16)13(18)21-14(19)11(12)17/h3-5H,6H2,1-2H3,(H,20,21). The molecule has 0 fully saturated rings. The highest BCUT2D eigenvalue weighted by Crippen LogP contribution is 2.24. The molecule has 0 unspecified atom stereocenters. The summed E-state index contributed by atoms with van der Waals surface area (Å²) in [6, 6.07) is 4.31. The van der Waals surface area contributed by atoms with Crippen molar-refractivity contribution >= 4 is 11.7 Å². The highest BCUT2D eigenvalue weighted by Gasteiger charge is 2.21. The first-order chi connectivity index (χ1) is 11.4. The molecule has 0 radical (unpaired) electrons. The molecule has 0 spiro atoms. The van der Waals surface area contributed by atoms with Gasteiger partial charge in [-0.25, -0.2) is 4.79 Å². The van der Waals surface area contributed by atoms with E-state index in [1.807, 2.05) is 0 Å². The molecule has 0 bridgehead atoms. The van der Waals surface area contributed by atoms with E-state index in [0.29, 0.717) is 5.56 Å². The number of ether oxygens (including phenoxy) is 2. The number of benzene rings is 1. The third-order valence-corrected chi connectivity index (χ3v) is 3.14. The lowest BCUT2D eigenvalue weighted by atomic mass is 10.1. The van der Waals surface area contributed by atoms with Crippen LogP contribution in [0.2, 0.25) is 0 Å². The number of halogens is 4. The molecule has 1 aromatic carbocycles. The molecule has 9 heteroatoms. The molecule has 0 aliphatic carbocycles. The smallest absolute Gasteiger partial charge is 0.341 e. The summed E-state index contributed by atoms with van der Waals surface area (Å²) in [6.45, 7) is -0.218. The molecule has 0 atom stereocenters. The zero-order valence-corrected chi connectivity index (χ0v) is 12.6. The van der Waals surface area contributed by atoms with E-state index >= 15 is 0 Å². The largest absolute Gasteiger partial charge is 0.496 e. The van der Waals surface area contributed by atoms with Crippen molar-refractivity contribution in [2.24, 2.45) is 0 Å². The normalized spacial score (nSPS) is 10.4. The van der Waals surface area contributed by atoms with Crippen LogP contribution in [0.4, 0.5) is 23.2 Å². The third kappa shape index (κ3) is 3.39. The van der Waals surface area contributed by atoms with E-state index in [-0.39, 0.29) is 17.9 Å². The Bertz CT molecular complexity index is 758. The number of aromatic nitrogens is 1. The number of methoxy groups -OCH3 is 2. The maximum absolute atomic E-state index is 13.5. The minimum absolute atomic E-state index is 0.0901. The van der Waals surface area contributed by atoms with Gasteiger partial charge in [0.05, 0.1) is 14.2 Å². The maximum Gasteiger partial charge on any atom is 0.341 e. The lowest BCUT2D eigenvalue weighted by molar-refractivity contribution is 0.0597. The van der Waals surface area contributed by atoms with Crippen molar-refractivity contribution in [3.05, 3.63) is 52.9 Å². The summed E-state index contributed by atoms with van der Waals surface area (Å²) in [7, 11) is 2.53. The summed E-state index contributed by atoms with van der Waals surface area (Å²) in [4.78, 5) is 14.1. The summed E-state index contributed by atoms with van der Waals surface area (Å²) >= 11 is 0. The van der Waals surface area contributed by atoms with Crippen LogP contribution in [0, 0.1) is 23.5 Å². The van der Waals surface area contributed by atoms with Crippen molar-refractivity contribution < 1.29 is 31.8 Å². The van der Waals surface area contributed by atoms with E-state index in [4.69, 9.17) is 4.74 Å². The Morgan fingerprint density at radius 3 is 2.29 bits per heavy atom. The van der Waals surface area contributed by atoms with Gasteiger partial charge in [-0.15, -0.1) is 0 Å². The van der Waals surface area contributed by atoms with Crippen molar-refractivity contribution in [1.82, 2.24) is 4.98 Å². The molecule has 128 valence electrons. The monoisotopic (exact) mass is 344 g/mol. The van der Waals surface area contributed by atoms with Crippen molar-refractivity contribution in [3.8, 4) is 5.75 Å². The summed E-state index contributed by atoms with van der Waals surface area (Å²) in [5.41, 5.74) is -0.504. The van der Waals surface area contributed by atoms with Gasteiger partial charge in [0.25, 0.3) is 11.9 Å². The quantitative estimate of drug-likeness (QED) is 0.513. The highest BCUT2D eigenvalue weighted by atomic mass is 19.2. The minimum Gasteiger partial charge on any atom is -0.496 e. The first-order valence-corrected chi connectivity index (χ1v) is 6.58. The molecule has 2 rings (SSSR count). The molecule has 0 aliphatic heterocycles. The molecule has 1 heterocycles. The van der Waals surface area contributed by atoms with Gasteiger partial charge in [0.2, 0.25) is 11.6 Å².